The molecule has 0 aliphatic rings. The van der Waals surface area contributed by atoms with Crippen molar-refractivity contribution < 1.29 is 0 Å². The highest BCUT2D eigenvalue weighted by atomic mass is 127. The molecule has 3 rings (SSSR count). The van der Waals surface area contributed by atoms with E-state index in [1.807, 2.05) is 37.3 Å². The lowest BCUT2D eigenvalue weighted by atomic mass is 10.1. The topological polar surface area (TPSA) is 57.8 Å². The summed E-state index contributed by atoms with van der Waals surface area (Å²) in [5.41, 5.74) is 1.31. The van der Waals surface area contributed by atoms with E-state index in [0.717, 1.165) is 20.3 Å². The van der Waals surface area contributed by atoms with Crippen LogP contribution in [0.4, 0.5) is 5.82 Å². The number of hydrogen-bond donors (Lipinski definition) is 2. The van der Waals surface area contributed by atoms with Gasteiger partial charge in [0.25, 0.3) is 5.56 Å². The van der Waals surface area contributed by atoms with Gasteiger partial charge >= 0.3 is 0 Å². The molecule has 0 saturated heterocycles. The Morgan fingerprint density at radius 3 is 2.78 bits per heavy atom. The first-order chi connectivity index (χ1) is 10.5. The van der Waals surface area contributed by atoms with Crippen LogP contribution in [-0.2, 0) is 0 Å². The van der Waals surface area contributed by atoms with Gasteiger partial charge < -0.3 is 10.3 Å². The molecule has 2 aromatic heterocycles. The molecule has 0 aliphatic carbocycles. The van der Waals surface area contributed by atoms with Gasteiger partial charge in [0.1, 0.15) is 5.82 Å². The standard InChI is InChI=1S/C16H13ClIN3O.H2S/c1-9(20-15-8-12(18)4-5-19-15)13-7-10-6-11(17)2-3-14(10)21-16(13)22;/h2-9H,1H3,(H,19,20)(H,21,22);1H2/t9-;/m0./s1. The SMILES string of the molecule is C[C@H](Nc1cc(I)ccn1)c1cc2cc(Cl)ccc2[nH]c1=O.S. The van der Waals surface area contributed by atoms with Crippen molar-refractivity contribution in [2.75, 3.05) is 5.32 Å². The van der Waals surface area contributed by atoms with Gasteiger partial charge in [-0.25, -0.2) is 4.98 Å². The van der Waals surface area contributed by atoms with Crippen LogP contribution < -0.4 is 10.9 Å². The van der Waals surface area contributed by atoms with E-state index in [2.05, 4.69) is 37.9 Å². The van der Waals surface area contributed by atoms with Gasteiger partial charge in [0.15, 0.2) is 0 Å². The zero-order valence-electron chi connectivity index (χ0n) is 12.2. The molecular weight excluding hydrogens is 445 g/mol. The third kappa shape index (κ3) is 4.19. The van der Waals surface area contributed by atoms with Crippen molar-refractivity contribution in [3.8, 4) is 0 Å². The van der Waals surface area contributed by atoms with Crippen LogP contribution in [0.3, 0.4) is 0 Å². The molecule has 0 radical (unpaired) electrons. The molecule has 1 aromatic carbocycles. The molecule has 3 aromatic rings. The molecular formula is C16H15ClIN3OS. The number of H-pyrrole nitrogens is 1. The van der Waals surface area contributed by atoms with Gasteiger partial charge in [-0.2, -0.15) is 13.5 Å². The van der Waals surface area contributed by atoms with E-state index in [9.17, 15) is 4.79 Å². The number of fused-ring (bicyclic) bond motifs is 1. The van der Waals surface area contributed by atoms with Gasteiger partial charge in [-0.15, -0.1) is 0 Å². The van der Waals surface area contributed by atoms with Crippen molar-refractivity contribution in [3.63, 3.8) is 0 Å². The van der Waals surface area contributed by atoms with Crippen LogP contribution in [0.15, 0.2) is 47.4 Å². The first kappa shape index (κ1) is 18.1. The van der Waals surface area contributed by atoms with E-state index in [1.165, 1.54) is 0 Å². The van der Waals surface area contributed by atoms with Crippen molar-refractivity contribution in [2.24, 2.45) is 0 Å². The first-order valence-electron chi connectivity index (χ1n) is 6.73. The Kier molecular flexibility index (Phi) is 5.94. The summed E-state index contributed by atoms with van der Waals surface area (Å²) in [6.45, 7) is 1.93. The molecule has 7 heteroatoms. The maximum Gasteiger partial charge on any atom is 0.253 e. The second-order valence-electron chi connectivity index (χ2n) is 5.01. The summed E-state index contributed by atoms with van der Waals surface area (Å²) in [6.07, 6.45) is 1.74. The zero-order chi connectivity index (χ0) is 15.7. The predicted octanol–water partition coefficient (Wildman–Crippen LogP) is 4.47. The van der Waals surface area contributed by atoms with Gasteiger partial charge in [0.05, 0.1) is 6.04 Å². The van der Waals surface area contributed by atoms with Crippen molar-refractivity contribution in [2.45, 2.75) is 13.0 Å². The summed E-state index contributed by atoms with van der Waals surface area (Å²) >= 11 is 8.25. The van der Waals surface area contributed by atoms with Crippen LogP contribution in [-0.4, -0.2) is 9.97 Å². The average molecular weight is 460 g/mol. The lowest BCUT2D eigenvalue weighted by molar-refractivity contribution is 0.857. The number of nitrogens with zero attached hydrogens (tertiary/aromatic N) is 1. The molecule has 0 amide bonds. The maximum atomic E-state index is 12.3. The van der Waals surface area contributed by atoms with E-state index >= 15 is 0 Å². The van der Waals surface area contributed by atoms with Crippen LogP contribution in [0.1, 0.15) is 18.5 Å². The lowest BCUT2D eigenvalue weighted by Gasteiger charge is -2.15. The minimum absolute atomic E-state index is 0. The van der Waals surface area contributed by atoms with Crippen molar-refractivity contribution in [3.05, 3.63) is 67.1 Å². The van der Waals surface area contributed by atoms with E-state index in [4.69, 9.17) is 11.6 Å². The van der Waals surface area contributed by atoms with E-state index < -0.39 is 0 Å². The summed E-state index contributed by atoms with van der Waals surface area (Å²) in [5, 5.41) is 4.80. The van der Waals surface area contributed by atoms with E-state index in [0.29, 0.717) is 10.6 Å². The first-order valence-corrected chi connectivity index (χ1v) is 8.19. The van der Waals surface area contributed by atoms with Crippen LogP contribution >= 0.6 is 47.7 Å². The Balaban J connectivity index is 0.00000192. The van der Waals surface area contributed by atoms with Gasteiger partial charge in [-0.1, -0.05) is 11.6 Å². The lowest BCUT2D eigenvalue weighted by Crippen LogP contribution is -2.19. The highest BCUT2D eigenvalue weighted by Gasteiger charge is 2.12. The third-order valence-corrected chi connectivity index (χ3v) is 4.29. The normalized spacial score (nSPS) is 11.8. The molecule has 4 nitrogen and oxygen atoms in total. The maximum absolute atomic E-state index is 12.3. The number of aromatic amines is 1. The number of halogens is 2. The minimum Gasteiger partial charge on any atom is -0.363 e. The Labute approximate surface area is 159 Å². The number of nitrogens with one attached hydrogen (secondary N) is 2. The fraction of sp³-hybridized carbons (Fsp3) is 0.125. The number of rotatable bonds is 3. The summed E-state index contributed by atoms with van der Waals surface area (Å²) < 4.78 is 1.08. The van der Waals surface area contributed by atoms with Crippen LogP contribution in [0, 0.1) is 3.57 Å². The van der Waals surface area contributed by atoms with Gasteiger partial charge in [-0.05, 0) is 65.9 Å². The Hall–Kier alpha value is -1.25. The highest BCUT2D eigenvalue weighted by Crippen LogP contribution is 2.21. The fourth-order valence-electron chi connectivity index (χ4n) is 2.30. The summed E-state index contributed by atoms with van der Waals surface area (Å²) in [7, 11) is 0. The smallest absolute Gasteiger partial charge is 0.253 e. The molecule has 2 heterocycles. The molecule has 2 N–H and O–H groups in total. The summed E-state index contributed by atoms with van der Waals surface area (Å²) in [5.74, 6) is 0.741. The number of hydrogen-bond acceptors (Lipinski definition) is 3. The molecule has 1 atom stereocenters. The highest BCUT2D eigenvalue weighted by molar-refractivity contribution is 14.1. The van der Waals surface area contributed by atoms with Crippen molar-refractivity contribution >= 4 is 64.4 Å². The molecule has 0 fully saturated rings. The molecule has 120 valence electrons. The fourth-order valence-corrected chi connectivity index (χ4v) is 2.94. The molecule has 0 bridgehead atoms. The summed E-state index contributed by atoms with van der Waals surface area (Å²) in [6, 6.07) is 11.0. The zero-order valence-corrected chi connectivity index (χ0v) is 16.1. The molecule has 23 heavy (non-hydrogen) atoms. The van der Waals surface area contributed by atoms with Gasteiger partial charge in [0, 0.05) is 31.3 Å². The van der Waals surface area contributed by atoms with E-state index in [-0.39, 0.29) is 25.1 Å². The molecule has 0 saturated carbocycles. The van der Waals surface area contributed by atoms with Crippen LogP contribution in [0.5, 0.6) is 0 Å². The largest absolute Gasteiger partial charge is 0.363 e. The number of pyridine rings is 2. The third-order valence-electron chi connectivity index (χ3n) is 3.39. The minimum atomic E-state index is -0.169. The monoisotopic (exact) mass is 459 g/mol. The second kappa shape index (κ2) is 7.55. The predicted molar refractivity (Wildman–Crippen MR) is 109 cm³/mol. The number of benzene rings is 1. The second-order valence-corrected chi connectivity index (χ2v) is 6.69. The number of anilines is 1. The summed E-state index contributed by atoms with van der Waals surface area (Å²) in [4.78, 5) is 19.4. The van der Waals surface area contributed by atoms with Gasteiger partial charge in [0.2, 0.25) is 0 Å². The number of aromatic nitrogens is 2. The molecule has 0 spiro atoms. The van der Waals surface area contributed by atoms with E-state index in [1.54, 1.807) is 12.3 Å². The Morgan fingerprint density at radius 1 is 1.26 bits per heavy atom. The quantitative estimate of drug-likeness (QED) is 0.568. The molecule has 0 aliphatic heterocycles. The Bertz CT molecular complexity index is 900. The van der Waals surface area contributed by atoms with Gasteiger partial charge in [-0.3, -0.25) is 4.79 Å². The average Bonchev–Trinajstić information content (AvgIpc) is 2.47. The molecule has 0 unspecified atom stereocenters. The van der Waals surface area contributed by atoms with Crippen LogP contribution in [0.25, 0.3) is 10.9 Å². The van der Waals surface area contributed by atoms with Crippen LogP contribution in [0.2, 0.25) is 5.02 Å². The van der Waals surface area contributed by atoms with Crippen molar-refractivity contribution in [1.82, 2.24) is 9.97 Å². The Morgan fingerprint density at radius 2 is 2.04 bits per heavy atom. The van der Waals surface area contributed by atoms with Crippen molar-refractivity contribution in [1.29, 1.82) is 0 Å².